The van der Waals surface area contributed by atoms with Gasteiger partial charge in [-0.3, -0.25) is 9.59 Å². The van der Waals surface area contributed by atoms with Gasteiger partial charge >= 0.3 is 0 Å². The number of carbonyl (C=O) groups excluding carboxylic acids is 2. The van der Waals surface area contributed by atoms with E-state index in [0.29, 0.717) is 37.2 Å². The number of benzene rings is 1. The number of carbonyl (C=O) groups is 2. The second kappa shape index (κ2) is 5.82. The second-order valence-corrected chi connectivity index (χ2v) is 4.62. The van der Waals surface area contributed by atoms with Crippen LogP contribution < -0.4 is 4.74 Å². The molecule has 0 radical (unpaired) electrons. The van der Waals surface area contributed by atoms with Crippen molar-refractivity contribution in [1.29, 1.82) is 0 Å². The van der Waals surface area contributed by atoms with Crippen molar-refractivity contribution in [2.24, 2.45) is 0 Å². The first-order chi connectivity index (χ1) is 9.06. The lowest BCUT2D eigenvalue weighted by Gasteiger charge is -2.25. The van der Waals surface area contributed by atoms with Gasteiger partial charge in [-0.1, -0.05) is 0 Å². The van der Waals surface area contributed by atoms with Crippen molar-refractivity contribution in [2.75, 3.05) is 19.7 Å². The van der Waals surface area contributed by atoms with E-state index in [9.17, 15) is 14.0 Å². The molecule has 5 heteroatoms. The molecule has 0 N–H and O–H groups in total. The molecule has 1 aliphatic heterocycles. The van der Waals surface area contributed by atoms with E-state index in [-0.39, 0.29) is 24.1 Å². The maximum absolute atomic E-state index is 13.1. The lowest BCUT2D eigenvalue weighted by atomic mass is 10.1. The lowest BCUT2D eigenvalue weighted by Crippen LogP contribution is -2.41. The van der Waals surface area contributed by atoms with Gasteiger partial charge in [-0.05, 0) is 30.7 Å². The van der Waals surface area contributed by atoms with Crippen molar-refractivity contribution in [3.63, 3.8) is 0 Å². The van der Waals surface area contributed by atoms with Gasteiger partial charge in [0, 0.05) is 25.9 Å². The molecular weight excluding hydrogens is 249 g/mol. The fourth-order valence-corrected chi connectivity index (χ4v) is 1.95. The first kappa shape index (κ1) is 13.5. The van der Waals surface area contributed by atoms with Gasteiger partial charge in [-0.2, -0.15) is 0 Å². The van der Waals surface area contributed by atoms with Crippen molar-refractivity contribution >= 4 is 11.7 Å². The molecule has 1 fully saturated rings. The van der Waals surface area contributed by atoms with E-state index in [1.807, 2.05) is 0 Å². The van der Waals surface area contributed by atoms with Crippen LogP contribution >= 0.6 is 0 Å². The van der Waals surface area contributed by atoms with Gasteiger partial charge in [0.05, 0.1) is 0 Å². The molecule has 1 aromatic carbocycles. The highest BCUT2D eigenvalue weighted by atomic mass is 19.1. The quantitative estimate of drug-likeness (QED) is 0.835. The van der Waals surface area contributed by atoms with Crippen molar-refractivity contribution in [2.45, 2.75) is 19.8 Å². The number of amides is 1. The summed E-state index contributed by atoms with van der Waals surface area (Å²) in [5, 5.41) is 0. The standard InChI is InChI=1S/C14H16FNO3/c1-10-8-12(2-3-13(10)15)19-9-14(18)16-6-4-11(17)5-7-16/h2-3,8H,4-7,9H2,1H3. The summed E-state index contributed by atoms with van der Waals surface area (Å²) in [6, 6.07) is 4.37. The molecule has 102 valence electrons. The molecule has 1 saturated heterocycles. The third-order valence-electron chi connectivity index (χ3n) is 3.17. The summed E-state index contributed by atoms with van der Waals surface area (Å²) in [6.45, 7) is 2.48. The number of nitrogens with zero attached hydrogens (tertiary/aromatic N) is 1. The van der Waals surface area contributed by atoms with Crippen LogP contribution in [0.1, 0.15) is 18.4 Å². The molecule has 0 atom stereocenters. The Morgan fingerprint density at radius 2 is 2.05 bits per heavy atom. The number of aryl methyl sites for hydroxylation is 1. The van der Waals surface area contributed by atoms with E-state index in [1.54, 1.807) is 17.9 Å². The molecule has 0 unspecified atom stereocenters. The van der Waals surface area contributed by atoms with Crippen LogP contribution in [0.4, 0.5) is 4.39 Å². The Hall–Kier alpha value is -1.91. The average molecular weight is 265 g/mol. The van der Waals surface area contributed by atoms with Gasteiger partial charge in [0.2, 0.25) is 0 Å². The SMILES string of the molecule is Cc1cc(OCC(=O)N2CCC(=O)CC2)ccc1F. The van der Waals surface area contributed by atoms with Crippen LogP contribution in [0.25, 0.3) is 0 Å². The van der Waals surface area contributed by atoms with E-state index in [4.69, 9.17) is 4.74 Å². The maximum atomic E-state index is 13.1. The molecule has 19 heavy (non-hydrogen) atoms. The summed E-state index contributed by atoms with van der Waals surface area (Å²) in [4.78, 5) is 24.5. The van der Waals surface area contributed by atoms with E-state index in [1.165, 1.54) is 12.1 Å². The zero-order valence-corrected chi connectivity index (χ0v) is 10.8. The van der Waals surface area contributed by atoms with Crippen molar-refractivity contribution in [3.8, 4) is 5.75 Å². The van der Waals surface area contributed by atoms with Crippen LogP contribution in [0.2, 0.25) is 0 Å². The smallest absolute Gasteiger partial charge is 0.260 e. The number of likely N-dealkylation sites (tertiary alicyclic amines) is 1. The highest BCUT2D eigenvalue weighted by molar-refractivity contribution is 5.83. The molecule has 4 nitrogen and oxygen atoms in total. The molecule has 0 saturated carbocycles. The van der Waals surface area contributed by atoms with Gasteiger partial charge in [-0.15, -0.1) is 0 Å². The summed E-state index contributed by atoms with van der Waals surface area (Å²) in [7, 11) is 0. The van der Waals surface area contributed by atoms with Crippen molar-refractivity contribution < 1.29 is 18.7 Å². The predicted molar refractivity (Wildman–Crippen MR) is 67.5 cm³/mol. The molecule has 1 amide bonds. The third-order valence-corrected chi connectivity index (χ3v) is 3.17. The van der Waals surface area contributed by atoms with E-state index >= 15 is 0 Å². The normalized spacial score (nSPS) is 15.5. The van der Waals surface area contributed by atoms with Gasteiger partial charge in [-0.25, -0.2) is 4.39 Å². The van der Waals surface area contributed by atoms with E-state index in [2.05, 4.69) is 0 Å². The largest absolute Gasteiger partial charge is 0.484 e. The Morgan fingerprint density at radius 3 is 2.68 bits per heavy atom. The number of hydrogen-bond acceptors (Lipinski definition) is 3. The van der Waals surface area contributed by atoms with Crippen LogP contribution in [0, 0.1) is 12.7 Å². The summed E-state index contributed by atoms with van der Waals surface area (Å²) >= 11 is 0. The zero-order chi connectivity index (χ0) is 13.8. The number of ketones is 1. The molecule has 1 aromatic rings. The summed E-state index contributed by atoms with van der Waals surface area (Å²) in [5.41, 5.74) is 0.480. The predicted octanol–water partition coefficient (Wildman–Crippen LogP) is 1.70. The van der Waals surface area contributed by atoms with Gasteiger partial charge in [0.25, 0.3) is 5.91 Å². The molecule has 0 spiro atoms. The Labute approximate surface area is 111 Å². The van der Waals surface area contributed by atoms with E-state index < -0.39 is 0 Å². The molecular formula is C14H16FNO3. The van der Waals surface area contributed by atoms with Crippen LogP contribution in [0.5, 0.6) is 5.75 Å². The topological polar surface area (TPSA) is 46.6 Å². The molecule has 0 bridgehead atoms. The monoisotopic (exact) mass is 265 g/mol. The number of halogens is 1. The molecule has 0 aliphatic carbocycles. The highest BCUT2D eigenvalue weighted by Gasteiger charge is 2.20. The van der Waals surface area contributed by atoms with Crippen LogP contribution in [-0.2, 0) is 9.59 Å². The summed E-state index contributed by atoms with van der Waals surface area (Å²) in [6.07, 6.45) is 0.836. The fourth-order valence-electron chi connectivity index (χ4n) is 1.95. The fraction of sp³-hybridized carbons (Fsp3) is 0.429. The minimum Gasteiger partial charge on any atom is -0.484 e. The van der Waals surface area contributed by atoms with E-state index in [0.717, 1.165) is 0 Å². The van der Waals surface area contributed by atoms with Crippen LogP contribution in [-0.4, -0.2) is 36.3 Å². The Balaban J connectivity index is 1.86. The number of ether oxygens (including phenoxy) is 1. The zero-order valence-electron chi connectivity index (χ0n) is 10.8. The number of hydrogen-bond donors (Lipinski definition) is 0. The molecule has 1 heterocycles. The minimum atomic E-state index is -0.298. The second-order valence-electron chi connectivity index (χ2n) is 4.62. The molecule has 1 aliphatic rings. The Bertz CT molecular complexity index is 491. The molecule has 0 aromatic heterocycles. The number of Topliss-reactive ketones (excluding diaryl/α,β-unsaturated/α-hetero) is 1. The Kier molecular flexibility index (Phi) is 4.14. The first-order valence-electron chi connectivity index (χ1n) is 6.24. The first-order valence-corrected chi connectivity index (χ1v) is 6.24. The van der Waals surface area contributed by atoms with Gasteiger partial charge in [0.15, 0.2) is 6.61 Å². The Morgan fingerprint density at radius 1 is 1.37 bits per heavy atom. The summed E-state index contributed by atoms with van der Waals surface area (Å²) < 4.78 is 18.4. The lowest BCUT2D eigenvalue weighted by molar-refractivity contribution is -0.136. The number of rotatable bonds is 3. The van der Waals surface area contributed by atoms with Crippen LogP contribution in [0.15, 0.2) is 18.2 Å². The van der Waals surface area contributed by atoms with Crippen molar-refractivity contribution in [1.82, 2.24) is 4.90 Å². The third kappa shape index (κ3) is 3.53. The summed E-state index contributed by atoms with van der Waals surface area (Å²) in [5.74, 6) is 0.224. The molecule has 2 rings (SSSR count). The van der Waals surface area contributed by atoms with Crippen molar-refractivity contribution in [3.05, 3.63) is 29.6 Å². The van der Waals surface area contributed by atoms with Gasteiger partial charge < -0.3 is 9.64 Å². The maximum Gasteiger partial charge on any atom is 0.260 e. The minimum absolute atomic E-state index is 0.0841. The highest BCUT2D eigenvalue weighted by Crippen LogP contribution is 2.16. The average Bonchev–Trinajstić information content (AvgIpc) is 2.40. The van der Waals surface area contributed by atoms with Crippen LogP contribution in [0.3, 0.4) is 0 Å². The van der Waals surface area contributed by atoms with Gasteiger partial charge in [0.1, 0.15) is 17.3 Å². The number of piperidine rings is 1.